The van der Waals surface area contributed by atoms with Crippen molar-refractivity contribution in [3.63, 3.8) is 0 Å². The Morgan fingerprint density at radius 2 is 1.74 bits per heavy atom. The Morgan fingerprint density at radius 3 is 2.21 bits per heavy atom. The lowest BCUT2D eigenvalue weighted by Crippen LogP contribution is -2.35. The summed E-state index contributed by atoms with van der Waals surface area (Å²) in [4.78, 5) is 25.2. The fourth-order valence-corrected chi connectivity index (χ4v) is 2.06. The maximum Gasteiger partial charge on any atom is 0.224 e. The van der Waals surface area contributed by atoms with Gasteiger partial charge in [0, 0.05) is 20.0 Å². The van der Waals surface area contributed by atoms with Crippen LogP contribution in [0.1, 0.15) is 38.8 Å². The lowest BCUT2D eigenvalue weighted by Gasteiger charge is -2.23. The van der Waals surface area contributed by atoms with Crippen LogP contribution in [0, 0.1) is 0 Å². The number of nitrogens with one attached hydrogen (secondary N) is 1. The minimum absolute atomic E-state index is 0.0626. The van der Waals surface area contributed by atoms with E-state index in [9.17, 15) is 9.59 Å². The van der Waals surface area contributed by atoms with Crippen molar-refractivity contribution < 1.29 is 9.59 Å². The van der Waals surface area contributed by atoms with Crippen LogP contribution >= 0.6 is 0 Å². The van der Waals surface area contributed by atoms with Crippen molar-refractivity contribution in [2.75, 3.05) is 13.1 Å². The number of rotatable bonds is 6. The molecule has 0 saturated carbocycles. The van der Waals surface area contributed by atoms with E-state index in [1.54, 1.807) is 4.90 Å². The molecule has 1 rings (SSSR count). The minimum atomic E-state index is -0.258. The third-order valence-corrected chi connectivity index (χ3v) is 3.07. The molecule has 4 heteroatoms. The van der Waals surface area contributed by atoms with Crippen LogP contribution in [0.4, 0.5) is 0 Å². The highest BCUT2D eigenvalue weighted by Gasteiger charge is 2.19. The van der Waals surface area contributed by atoms with Crippen molar-refractivity contribution in [1.29, 1.82) is 0 Å². The fourth-order valence-electron chi connectivity index (χ4n) is 2.06. The second kappa shape index (κ2) is 7.56. The van der Waals surface area contributed by atoms with Gasteiger partial charge in [-0.15, -0.1) is 0 Å². The van der Waals surface area contributed by atoms with Crippen LogP contribution in [0.15, 0.2) is 30.3 Å². The molecule has 1 atom stereocenters. The highest BCUT2D eigenvalue weighted by Crippen LogP contribution is 2.17. The van der Waals surface area contributed by atoms with E-state index in [0.717, 1.165) is 5.56 Å². The number of benzene rings is 1. The van der Waals surface area contributed by atoms with Gasteiger partial charge in [-0.1, -0.05) is 30.3 Å². The molecule has 0 fully saturated rings. The first-order valence-electron chi connectivity index (χ1n) is 6.68. The number of hydrogen-bond acceptors (Lipinski definition) is 2. The van der Waals surface area contributed by atoms with Crippen LogP contribution in [0.5, 0.6) is 0 Å². The van der Waals surface area contributed by atoms with Gasteiger partial charge in [-0.25, -0.2) is 0 Å². The van der Waals surface area contributed by atoms with Gasteiger partial charge in [-0.3, -0.25) is 9.59 Å². The van der Waals surface area contributed by atoms with Gasteiger partial charge in [-0.05, 0) is 19.4 Å². The predicted molar refractivity (Wildman–Crippen MR) is 75.5 cm³/mol. The summed E-state index contributed by atoms with van der Waals surface area (Å²) in [6, 6.07) is 9.33. The molecule has 0 heterocycles. The van der Waals surface area contributed by atoms with Crippen molar-refractivity contribution in [1.82, 2.24) is 10.2 Å². The molecule has 0 bridgehead atoms. The largest absolute Gasteiger partial charge is 0.349 e. The van der Waals surface area contributed by atoms with Crippen molar-refractivity contribution in [2.24, 2.45) is 0 Å². The van der Waals surface area contributed by atoms with Crippen LogP contribution in [0.2, 0.25) is 0 Å². The van der Waals surface area contributed by atoms with E-state index in [0.29, 0.717) is 19.5 Å². The summed E-state index contributed by atoms with van der Waals surface area (Å²) in [5.41, 5.74) is 0.957. The maximum absolute atomic E-state index is 12.1. The lowest BCUT2D eigenvalue weighted by molar-refractivity contribution is -0.131. The van der Waals surface area contributed by atoms with Crippen molar-refractivity contribution in [3.05, 3.63) is 35.9 Å². The van der Waals surface area contributed by atoms with Crippen molar-refractivity contribution >= 4 is 11.8 Å². The zero-order chi connectivity index (χ0) is 14.3. The van der Waals surface area contributed by atoms with E-state index < -0.39 is 0 Å². The molecule has 1 aromatic rings. The summed E-state index contributed by atoms with van der Waals surface area (Å²) in [5, 5.41) is 2.84. The van der Waals surface area contributed by atoms with Crippen LogP contribution in [-0.2, 0) is 9.59 Å². The maximum atomic E-state index is 12.1. The molecule has 1 N–H and O–H groups in total. The third kappa shape index (κ3) is 4.73. The smallest absolute Gasteiger partial charge is 0.224 e. The van der Waals surface area contributed by atoms with E-state index in [4.69, 9.17) is 0 Å². The number of carbonyl (C=O) groups excluding carboxylic acids is 2. The molecule has 104 valence electrons. The van der Waals surface area contributed by atoms with Crippen LogP contribution in [-0.4, -0.2) is 29.8 Å². The Hall–Kier alpha value is -1.84. The summed E-state index contributed by atoms with van der Waals surface area (Å²) in [5.74, 6) is -0.0613. The van der Waals surface area contributed by atoms with E-state index in [-0.39, 0.29) is 17.9 Å². The lowest BCUT2D eigenvalue weighted by atomic mass is 10.0. The summed E-state index contributed by atoms with van der Waals surface area (Å²) < 4.78 is 0. The molecule has 0 saturated heterocycles. The van der Waals surface area contributed by atoms with E-state index in [1.165, 1.54) is 6.92 Å². The molecule has 0 aliphatic carbocycles. The van der Waals surface area contributed by atoms with Gasteiger partial charge in [0.2, 0.25) is 11.8 Å². The zero-order valence-electron chi connectivity index (χ0n) is 11.8. The Morgan fingerprint density at radius 1 is 1.16 bits per heavy atom. The fraction of sp³-hybridized carbons (Fsp3) is 0.467. The summed E-state index contributed by atoms with van der Waals surface area (Å²) in [6.45, 7) is 6.76. The molecule has 0 radical (unpaired) electrons. The highest BCUT2D eigenvalue weighted by molar-refractivity contribution is 5.79. The van der Waals surface area contributed by atoms with Gasteiger partial charge in [-0.2, -0.15) is 0 Å². The van der Waals surface area contributed by atoms with Gasteiger partial charge in [0.1, 0.15) is 0 Å². The minimum Gasteiger partial charge on any atom is -0.349 e. The molecule has 1 aromatic carbocycles. The molecule has 2 amide bonds. The quantitative estimate of drug-likeness (QED) is 0.853. The van der Waals surface area contributed by atoms with Crippen LogP contribution < -0.4 is 5.32 Å². The van der Waals surface area contributed by atoms with Crippen molar-refractivity contribution in [3.8, 4) is 0 Å². The topological polar surface area (TPSA) is 49.4 Å². The SMILES string of the molecule is CCN(CC)C(=O)CC(NC(C)=O)c1ccccc1. The Kier molecular flexibility index (Phi) is 6.06. The van der Waals surface area contributed by atoms with E-state index >= 15 is 0 Å². The second-order valence-electron chi connectivity index (χ2n) is 4.43. The molecule has 0 aromatic heterocycles. The second-order valence-corrected chi connectivity index (χ2v) is 4.43. The Labute approximate surface area is 114 Å². The standard InChI is InChI=1S/C15H22N2O2/c1-4-17(5-2)15(19)11-14(16-12(3)18)13-9-7-6-8-10-13/h6-10,14H,4-5,11H2,1-3H3,(H,16,18). The summed E-state index contributed by atoms with van der Waals surface area (Å²) >= 11 is 0. The average molecular weight is 262 g/mol. The van der Waals surface area contributed by atoms with Gasteiger partial charge in [0.15, 0.2) is 0 Å². The highest BCUT2D eigenvalue weighted by atomic mass is 16.2. The number of hydrogen-bond donors (Lipinski definition) is 1. The number of nitrogens with zero attached hydrogens (tertiary/aromatic N) is 1. The van der Waals surface area contributed by atoms with Crippen molar-refractivity contribution in [2.45, 2.75) is 33.2 Å². The van der Waals surface area contributed by atoms with Gasteiger partial charge in [0.05, 0.1) is 12.5 Å². The normalized spacial score (nSPS) is 11.7. The first kappa shape index (κ1) is 15.2. The Balaban J connectivity index is 2.81. The van der Waals surface area contributed by atoms with Crippen LogP contribution in [0.3, 0.4) is 0 Å². The molecule has 0 aliphatic heterocycles. The zero-order valence-corrected chi connectivity index (χ0v) is 11.8. The number of carbonyl (C=O) groups is 2. The molecule has 0 spiro atoms. The summed E-state index contributed by atoms with van der Waals surface area (Å²) in [7, 11) is 0. The van der Waals surface area contributed by atoms with Crippen LogP contribution in [0.25, 0.3) is 0 Å². The molecular formula is C15H22N2O2. The van der Waals surface area contributed by atoms with E-state index in [1.807, 2.05) is 44.2 Å². The predicted octanol–water partition coefficient (Wildman–Crippen LogP) is 2.12. The molecule has 0 aliphatic rings. The van der Waals surface area contributed by atoms with Gasteiger partial charge in [0.25, 0.3) is 0 Å². The average Bonchev–Trinajstić information content (AvgIpc) is 2.40. The molecule has 19 heavy (non-hydrogen) atoms. The third-order valence-electron chi connectivity index (χ3n) is 3.07. The molecular weight excluding hydrogens is 240 g/mol. The molecule has 1 unspecified atom stereocenters. The summed E-state index contributed by atoms with van der Waals surface area (Å²) in [6.07, 6.45) is 0.297. The first-order chi connectivity index (χ1) is 9.08. The van der Waals surface area contributed by atoms with Gasteiger partial charge >= 0.3 is 0 Å². The number of amides is 2. The molecule has 4 nitrogen and oxygen atoms in total. The van der Waals surface area contributed by atoms with E-state index in [2.05, 4.69) is 5.32 Å². The monoisotopic (exact) mass is 262 g/mol. The first-order valence-corrected chi connectivity index (χ1v) is 6.68. The van der Waals surface area contributed by atoms with Gasteiger partial charge < -0.3 is 10.2 Å². The Bertz CT molecular complexity index is 413.